The molecule has 3 aromatic carbocycles. The van der Waals surface area contributed by atoms with Crippen LogP contribution in [0.25, 0.3) is 10.9 Å². The zero-order valence-corrected chi connectivity index (χ0v) is 24.1. The summed E-state index contributed by atoms with van der Waals surface area (Å²) >= 11 is 1.28. The van der Waals surface area contributed by atoms with Crippen molar-refractivity contribution in [3.8, 4) is 0 Å². The van der Waals surface area contributed by atoms with Gasteiger partial charge in [0, 0.05) is 24.4 Å². The van der Waals surface area contributed by atoms with Crippen LogP contribution in [0.4, 0.5) is 5.69 Å². The van der Waals surface area contributed by atoms with Crippen molar-refractivity contribution in [2.45, 2.75) is 56.2 Å². The minimum Gasteiger partial charge on any atom is -0.376 e. The number of amides is 2. The fourth-order valence-corrected chi connectivity index (χ4v) is 5.76. The van der Waals surface area contributed by atoms with Crippen LogP contribution < -0.4 is 16.2 Å². The topological polar surface area (TPSA) is 102 Å². The van der Waals surface area contributed by atoms with Crippen molar-refractivity contribution in [1.82, 2.24) is 14.9 Å². The minimum atomic E-state index is -0.453. The molecule has 212 valence electrons. The second kappa shape index (κ2) is 13.1. The third kappa shape index (κ3) is 7.04. The van der Waals surface area contributed by atoms with E-state index < -0.39 is 5.25 Å². The first-order chi connectivity index (χ1) is 19.9. The number of nitrogens with zero attached hydrogens (tertiary/aromatic N) is 2. The van der Waals surface area contributed by atoms with E-state index in [2.05, 4.69) is 10.6 Å². The molecular weight excluding hydrogens is 536 g/mol. The van der Waals surface area contributed by atoms with Crippen LogP contribution in [0.15, 0.2) is 82.7 Å². The van der Waals surface area contributed by atoms with Crippen molar-refractivity contribution < 1.29 is 14.3 Å². The van der Waals surface area contributed by atoms with E-state index in [4.69, 9.17) is 9.72 Å². The quantitative estimate of drug-likeness (QED) is 0.201. The number of rotatable bonds is 10. The van der Waals surface area contributed by atoms with E-state index in [0.717, 1.165) is 36.3 Å². The molecule has 5 rings (SSSR count). The first-order valence-electron chi connectivity index (χ1n) is 13.9. The summed E-state index contributed by atoms with van der Waals surface area (Å²) in [6.07, 6.45) is 2.61. The number of thioether (sulfide) groups is 1. The zero-order chi connectivity index (χ0) is 28.8. The molecule has 4 aromatic rings. The van der Waals surface area contributed by atoms with Crippen LogP contribution >= 0.6 is 11.8 Å². The smallest absolute Gasteiger partial charge is 0.262 e. The lowest BCUT2D eigenvalue weighted by Crippen LogP contribution is -2.31. The first-order valence-corrected chi connectivity index (χ1v) is 14.8. The molecule has 1 aliphatic rings. The van der Waals surface area contributed by atoms with Crippen molar-refractivity contribution in [3.05, 3.63) is 99.8 Å². The Hall–Kier alpha value is -3.95. The summed E-state index contributed by atoms with van der Waals surface area (Å²) in [5.74, 6) is -0.299. The molecule has 2 amide bonds. The van der Waals surface area contributed by atoms with Gasteiger partial charge in [-0.15, -0.1) is 0 Å². The number of aromatic nitrogens is 2. The highest BCUT2D eigenvalue weighted by molar-refractivity contribution is 8.00. The van der Waals surface area contributed by atoms with Crippen LogP contribution in [0.5, 0.6) is 0 Å². The lowest BCUT2D eigenvalue weighted by molar-refractivity contribution is -0.115. The van der Waals surface area contributed by atoms with Gasteiger partial charge in [-0.25, -0.2) is 4.98 Å². The third-order valence-electron chi connectivity index (χ3n) is 7.13. The lowest BCUT2D eigenvalue weighted by Gasteiger charge is -2.18. The van der Waals surface area contributed by atoms with E-state index in [1.165, 1.54) is 11.8 Å². The Kier molecular flexibility index (Phi) is 9.16. The van der Waals surface area contributed by atoms with Gasteiger partial charge in [0.2, 0.25) is 5.91 Å². The fraction of sp³-hybridized carbons (Fsp3) is 0.312. The second-order valence-corrected chi connectivity index (χ2v) is 11.4. The molecule has 0 radical (unpaired) electrons. The number of fused-ring (bicyclic) bond motifs is 1. The molecule has 9 heteroatoms. The van der Waals surface area contributed by atoms with Gasteiger partial charge in [-0.05, 0) is 68.1 Å². The van der Waals surface area contributed by atoms with Crippen molar-refractivity contribution in [2.75, 3.05) is 18.5 Å². The zero-order valence-electron chi connectivity index (χ0n) is 23.3. The van der Waals surface area contributed by atoms with E-state index in [0.29, 0.717) is 34.6 Å². The van der Waals surface area contributed by atoms with E-state index in [-0.39, 0.29) is 30.0 Å². The van der Waals surface area contributed by atoms with E-state index in [1.807, 2.05) is 68.4 Å². The monoisotopic (exact) mass is 570 g/mol. The number of nitrogens with one attached hydrogen (secondary N) is 2. The molecule has 1 aromatic heterocycles. The van der Waals surface area contributed by atoms with Gasteiger partial charge >= 0.3 is 0 Å². The summed E-state index contributed by atoms with van der Waals surface area (Å²) < 4.78 is 7.19. The predicted octanol–water partition coefficient (Wildman–Crippen LogP) is 5.17. The van der Waals surface area contributed by atoms with Crippen molar-refractivity contribution >= 4 is 40.2 Å². The number of hydrogen-bond acceptors (Lipinski definition) is 6. The number of anilines is 1. The summed E-state index contributed by atoms with van der Waals surface area (Å²) in [4.78, 5) is 44.2. The van der Waals surface area contributed by atoms with Crippen molar-refractivity contribution in [1.29, 1.82) is 0 Å². The SMILES string of the molecule is CC[C@H](Sc1nc2ccccc2c(=O)n1Cc1ccc(C(=O)NC[C@H]2CCCO2)cc1)C(=O)Nc1ccc(C)cc1. The average molecular weight is 571 g/mol. The summed E-state index contributed by atoms with van der Waals surface area (Å²) in [6, 6.07) is 22.1. The maximum absolute atomic E-state index is 13.6. The standard InChI is InChI=1S/C32H34N4O4S/c1-3-28(30(38)34-24-16-10-21(2)11-17-24)41-32-35-27-9-5-4-8-26(27)31(39)36(32)20-22-12-14-23(15-13-22)29(37)33-19-25-7-6-18-40-25/h4-5,8-17,25,28H,3,6-7,18-20H2,1-2H3,(H,33,37)(H,34,38)/t25-,28+/m1/s1. The number of benzene rings is 3. The highest BCUT2D eigenvalue weighted by Gasteiger charge is 2.23. The molecule has 0 bridgehead atoms. The van der Waals surface area contributed by atoms with Gasteiger partial charge in [-0.1, -0.05) is 60.6 Å². The molecule has 1 saturated heterocycles. The van der Waals surface area contributed by atoms with Crippen LogP contribution in [0.3, 0.4) is 0 Å². The van der Waals surface area contributed by atoms with Gasteiger partial charge in [-0.2, -0.15) is 0 Å². The highest BCUT2D eigenvalue weighted by atomic mass is 32.2. The van der Waals surface area contributed by atoms with E-state index >= 15 is 0 Å². The molecule has 0 saturated carbocycles. The molecule has 0 spiro atoms. The number of ether oxygens (including phenoxy) is 1. The summed E-state index contributed by atoms with van der Waals surface area (Å²) in [6.45, 7) is 5.44. The van der Waals surface area contributed by atoms with Gasteiger partial charge in [-0.3, -0.25) is 19.0 Å². The van der Waals surface area contributed by atoms with E-state index in [1.54, 1.807) is 22.8 Å². The van der Waals surface area contributed by atoms with Gasteiger partial charge < -0.3 is 15.4 Å². The third-order valence-corrected chi connectivity index (χ3v) is 8.48. The number of carbonyl (C=O) groups excluding carboxylic acids is 2. The molecule has 41 heavy (non-hydrogen) atoms. The Morgan fingerprint density at radius 3 is 2.54 bits per heavy atom. The molecule has 8 nitrogen and oxygen atoms in total. The van der Waals surface area contributed by atoms with Gasteiger partial charge in [0.05, 0.1) is 28.8 Å². The van der Waals surface area contributed by atoms with Gasteiger partial charge in [0.1, 0.15) is 0 Å². The van der Waals surface area contributed by atoms with Gasteiger partial charge in [0.25, 0.3) is 11.5 Å². The Morgan fingerprint density at radius 2 is 1.83 bits per heavy atom. The molecule has 1 aliphatic heterocycles. The second-order valence-electron chi connectivity index (χ2n) is 10.2. The Balaban J connectivity index is 1.36. The Labute approximate surface area is 243 Å². The van der Waals surface area contributed by atoms with Crippen molar-refractivity contribution in [3.63, 3.8) is 0 Å². The summed E-state index contributed by atoms with van der Waals surface area (Å²) in [5.41, 5.74) is 3.64. The van der Waals surface area contributed by atoms with Crippen LogP contribution in [0.1, 0.15) is 47.7 Å². The number of para-hydroxylation sites is 1. The molecule has 2 N–H and O–H groups in total. The van der Waals surface area contributed by atoms with Crippen molar-refractivity contribution in [2.24, 2.45) is 0 Å². The number of carbonyl (C=O) groups is 2. The molecule has 0 aliphatic carbocycles. The summed E-state index contributed by atoms with van der Waals surface area (Å²) in [7, 11) is 0. The highest BCUT2D eigenvalue weighted by Crippen LogP contribution is 2.27. The van der Waals surface area contributed by atoms with E-state index in [9.17, 15) is 14.4 Å². The molecule has 2 heterocycles. The minimum absolute atomic E-state index is 0.0762. The number of aryl methyl sites for hydroxylation is 1. The largest absolute Gasteiger partial charge is 0.376 e. The van der Waals surface area contributed by atoms with Crippen LogP contribution in [-0.2, 0) is 16.1 Å². The van der Waals surface area contributed by atoms with Gasteiger partial charge in [0.15, 0.2) is 5.16 Å². The molecular formula is C32H34N4O4S. The lowest BCUT2D eigenvalue weighted by atomic mass is 10.1. The first kappa shape index (κ1) is 28.6. The normalized spacial score (nSPS) is 15.5. The molecule has 0 unspecified atom stereocenters. The van der Waals surface area contributed by atoms with Crippen LogP contribution in [0.2, 0.25) is 0 Å². The molecule has 2 atom stereocenters. The average Bonchev–Trinajstić information content (AvgIpc) is 3.52. The maximum Gasteiger partial charge on any atom is 0.262 e. The maximum atomic E-state index is 13.6. The van der Waals surface area contributed by atoms with Crippen LogP contribution in [-0.4, -0.2) is 45.9 Å². The van der Waals surface area contributed by atoms with Crippen LogP contribution in [0, 0.1) is 6.92 Å². The fourth-order valence-electron chi connectivity index (χ4n) is 4.74. The predicted molar refractivity (Wildman–Crippen MR) is 163 cm³/mol. The Morgan fingerprint density at radius 1 is 1.07 bits per heavy atom. The summed E-state index contributed by atoms with van der Waals surface area (Å²) in [5, 5.41) is 6.45. The number of hydrogen-bond donors (Lipinski definition) is 2. The molecule has 1 fully saturated rings. The Bertz CT molecular complexity index is 1580.